The summed E-state index contributed by atoms with van der Waals surface area (Å²) in [4.78, 5) is 37.9. The van der Waals surface area contributed by atoms with Crippen molar-refractivity contribution >= 4 is 46.5 Å². The van der Waals surface area contributed by atoms with Gasteiger partial charge < -0.3 is 16.0 Å². The standard InChI is InChI=1S/C23H23N3O3S2/c27-21(12-16-30-19-5-2-1-3-6-19)26-18-10-8-17(9-11-18)22(28)24-13-14-25-23(29)20-7-4-15-31-20/h1-11,15H,12-14,16H2,(H,24,28)(H,25,29)(H,26,27). The minimum absolute atomic E-state index is 0.0675. The van der Waals surface area contributed by atoms with Gasteiger partial charge in [-0.15, -0.1) is 23.1 Å². The Labute approximate surface area is 189 Å². The molecule has 0 radical (unpaired) electrons. The van der Waals surface area contributed by atoms with E-state index < -0.39 is 0 Å². The number of thioether (sulfide) groups is 1. The van der Waals surface area contributed by atoms with Gasteiger partial charge in [-0.2, -0.15) is 0 Å². The van der Waals surface area contributed by atoms with Gasteiger partial charge in [0, 0.05) is 41.4 Å². The molecule has 0 unspecified atom stereocenters. The van der Waals surface area contributed by atoms with E-state index in [0.29, 0.717) is 41.4 Å². The maximum absolute atomic E-state index is 12.2. The van der Waals surface area contributed by atoms with Crippen LogP contribution in [0.1, 0.15) is 26.5 Å². The number of hydrogen-bond acceptors (Lipinski definition) is 5. The van der Waals surface area contributed by atoms with E-state index >= 15 is 0 Å². The van der Waals surface area contributed by atoms with Gasteiger partial charge in [-0.3, -0.25) is 14.4 Å². The summed E-state index contributed by atoms with van der Waals surface area (Å²) in [5.41, 5.74) is 1.14. The van der Waals surface area contributed by atoms with E-state index in [1.54, 1.807) is 42.1 Å². The topological polar surface area (TPSA) is 87.3 Å². The molecule has 1 aromatic heterocycles. The van der Waals surface area contributed by atoms with Crippen molar-refractivity contribution in [3.63, 3.8) is 0 Å². The molecule has 0 aliphatic heterocycles. The molecular formula is C23H23N3O3S2. The zero-order chi connectivity index (χ0) is 21.9. The number of carbonyl (C=O) groups is 3. The van der Waals surface area contributed by atoms with Crippen LogP contribution in [0.4, 0.5) is 5.69 Å². The average molecular weight is 454 g/mol. The smallest absolute Gasteiger partial charge is 0.261 e. The molecule has 3 N–H and O–H groups in total. The minimum Gasteiger partial charge on any atom is -0.350 e. The second-order valence-electron chi connectivity index (χ2n) is 6.53. The van der Waals surface area contributed by atoms with Gasteiger partial charge in [0.25, 0.3) is 11.8 Å². The number of thiophene rings is 1. The summed E-state index contributed by atoms with van der Waals surface area (Å²) in [7, 11) is 0. The molecule has 8 heteroatoms. The summed E-state index contributed by atoms with van der Waals surface area (Å²) >= 11 is 3.01. The van der Waals surface area contributed by atoms with Gasteiger partial charge in [0.2, 0.25) is 5.91 Å². The first-order chi connectivity index (χ1) is 15.1. The van der Waals surface area contributed by atoms with Gasteiger partial charge >= 0.3 is 0 Å². The first-order valence-corrected chi connectivity index (χ1v) is 11.7. The van der Waals surface area contributed by atoms with Gasteiger partial charge in [0.05, 0.1) is 4.88 Å². The molecule has 3 rings (SSSR count). The summed E-state index contributed by atoms with van der Waals surface area (Å²) in [5, 5.41) is 10.2. The first-order valence-electron chi connectivity index (χ1n) is 9.79. The molecule has 0 aliphatic rings. The average Bonchev–Trinajstić information content (AvgIpc) is 3.33. The maximum atomic E-state index is 12.2. The van der Waals surface area contributed by atoms with Crippen molar-refractivity contribution in [2.45, 2.75) is 11.3 Å². The summed E-state index contributed by atoms with van der Waals surface area (Å²) in [6, 6.07) is 20.2. The van der Waals surface area contributed by atoms with Crippen LogP contribution in [0, 0.1) is 0 Å². The predicted octanol–water partition coefficient (Wildman–Crippen LogP) is 4.03. The second-order valence-corrected chi connectivity index (χ2v) is 8.64. The number of anilines is 1. The number of nitrogens with one attached hydrogen (secondary N) is 3. The largest absolute Gasteiger partial charge is 0.350 e. The zero-order valence-corrected chi connectivity index (χ0v) is 18.4. The summed E-state index contributed by atoms with van der Waals surface area (Å²) in [6.45, 7) is 0.672. The Hall–Kier alpha value is -3.10. The molecule has 0 spiro atoms. The third-order valence-corrected chi connectivity index (χ3v) is 6.10. The van der Waals surface area contributed by atoms with Crippen LogP contribution in [0.25, 0.3) is 0 Å². The molecule has 0 atom stereocenters. The van der Waals surface area contributed by atoms with E-state index in [2.05, 4.69) is 16.0 Å². The minimum atomic E-state index is -0.234. The molecule has 160 valence electrons. The van der Waals surface area contributed by atoms with Gasteiger partial charge in [-0.1, -0.05) is 24.3 Å². The summed E-state index contributed by atoms with van der Waals surface area (Å²) in [6.07, 6.45) is 0.402. The van der Waals surface area contributed by atoms with Crippen LogP contribution >= 0.6 is 23.1 Å². The molecule has 31 heavy (non-hydrogen) atoms. The third-order valence-electron chi connectivity index (χ3n) is 4.21. The molecule has 6 nitrogen and oxygen atoms in total. The highest BCUT2D eigenvalue weighted by molar-refractivity contribution is 7.99. The molecule has 1 heterocycles. The van der Waals surface area contributed by atoms with Crippen molar-refractivity contribution in [3.05, 3.63) is 82.6 Å². The fraction of sp³-hybridized carbons (Fsp3) is 0.174. The Morgan fingerprint density at radius 1 is 0.806 bits per heavy atom. The molecule has 0 saturated heterocycles. The van der Waals surface area contributed by atoms with E-state index in [-0.39, 0.29) is 17.7 Å². The zero-order valence-electron chi connectivity index (χ0n) is 16.8. The van der Waals surface area contributed by atoms with Crippen molar-refractivity contribution in [2.75, 3.05) is 24.2 Å². The second kappa shape index (κ2) is 11.9. The Kier molecular flexibility index (Phi) is 8.69. The molecule has 3 aromatic rings. The van der Waals surface area contributed by atoms with Crippen molar-refractivity contribution in [1.29, 1.82) is 0 Å². The Morgan fingerprint density at radius 3 is 2.19 bits per heavy atom. The van der Waals surface area contributed by atoms with E-state index in [1.165, 1.54) is 11.3 Å². The Bertz CT molecular complexity index is 991. The van der Waals surface area contributed by atoms with E-state index in [1.807, 2.05) is 41.8 Å². The van der Waals surface area contributed by atoms with E-state index in [0.717, 1.165) is 4.90 Å². The van der Waals surface area contributed by atoms with Crippen molar-refractivity contribution in [3.8, 4) is 0 Å². The molecule has 0 aliphatic carbocycles. The van der Waals surface area contributed by atoms with Crippen LogP contribution in [-0.4, -0.2) is 36.6 Å². The Balaban J connectivity index is 1.35. The van der Waals surface area contributed by atoms with E-state index in [4.69, 9.17) is 0 Å². The molecule has 2 aromatic carbocycles. The number of benzene rings is 2. The Morgan fingerprint density at radius 2 is 1.52 bits per heavy atom. The number of amides is 3. The highest BCUT2D eigenvalue weighted by atomic mass is 32.2. The summed E-state index contributed by atoms with van der Waals surface area (Å²) < 4.78 is 0. The van der Waals surface area contributed by atoms with Crippen LogP contribution in [0.3, 0.4) is 0 Å². The highest BCUT2D eigenvalue weighted by Gasteiger charge is 2.08. The van der Waals surface area contributed by atoms with Crippen LogP contribution < -0.4 is 16.0 Å². The van der Waals surface area contributed by atoms with Crippen molar-refractivity contribution in [2.24, 2.45) is 0 Å². The van der Waals surface area contributed by atoms with E-state index in [9.17, 15) is 14.4 Å². The van der Waals surface area contributed by atoms with Crippen LogP contribution in [-0.2, 0) is 4.79 Å². The van der Waals surface area contributed by atoms with Gasteiger partial charge in [-0.25, -0.2) is 0 Å². The highest BCUT2D eigenvalue weighted by Crippen LogP contribution is 2.18. The van der Waals surface area contributed by atoms with Gasteiger partial charge in [-0.05, 0) is 47.8 Å². The molecule has 3 amide bonds. The number of carbonyl (C=O) groups excluding carboxylic acids is 3. The fourth-order valence-corrected chi connectivity index (χ4v) is 4.17. The molecule has 0 saturated carbocycles. The van der Waals surface area contributed by atoms with Crippen molar-refractivity contribution < 1.29 is 14.4 Å². The third kappa shape index (κ3) is 7.58. The lowest BCUT2D eigenvalue weighted by atomic mass is 10.2. The maximum Gasteiger partial charge on any atom is 0.261 e. The van der Waals surface area contributed by atoms with Crippen LogP contribution in [0.2, 0.25) is 0 Å². The summed E-state index contributed by atoms with van der Waals surface area (Å²) in [5.74, 6) is 0.246. The van der Waals surface area contributed by atoms with Crippen molar-refractivity contribution in [1.82, 2.24) is 10.6 Å². The van der Waals surface area contributed by atoms with Gasteiger partial charge in [0.15, 0.2) is 0 Å². The number of rotatable bonds is 10. The predicted molar refractivity (Wildman–Crippen MR) is 126 cm³/mol. The SMILES string of the molecule is O=C(CCSc1ccccc1)Nc1ccc(C(=O)NCCNC(=O)c2cccs2)cc1. The first kappa shape index (κ1) is 22.6. The normalized spacial score (nSPS) is 10.3. The molecule has 0 bridgehead atoms. The van der Waals surface area contributed by atoms with Crippen LogP contribution in [0.5, 0.6) is 0 Å². The quantitative estimate of drug-likeness (QED) is 0.320. The lowest BCUT2D eigenvalue weighted by Gasteiger charge is -2.08. The number of hydrogen-bond donors (Lipinski definition) is 3. The lowest BCUT2D eigenvalue weighted by molar-refractivity contribution is -0.115. The van der Waals surface area contributed by atoms with Crippen LogP contribution in [0.15, 0.2) is 77.0 Å². The lowest BCUT2D eigenvalue weighted by Crippen LogP contribution is -2.34. The molecular weight excluding hydrogens is 430 g/mol. The monoisotopic (exact) mass is 453 g/mol. The molecule has 0 fully saturated rings. The fourth-order valence-electron chi connectivity index (χ4n) is 2.66. The van der Waals surface area contributed by atoms with Gasteiger partial charge in [0.1, 0.15) is 0 Å².